The maximum absolute atomic E-state index is 12.3. The van der Waals surface area contributed by atoms with Crippen molar-refractivity contribution in [1.29, 1.82) is 0 Å². The molecule has 2 aromatic rings. The molecule has 1 fully saturated rings. The molecule has 7 nitrogen and oxygen atoms in total. The van der Waals surface area contributed by atoms with Crippen LogP contribution in [0.3, 0.4) is 0 Å². The van der Waals surface area contributed by atoms with E-state index in [9.17, 15) is 14.4 Å². The highest BCUT2D eigenvalue weighted by molar-refractivity contribution is 5.93. The largest absolute Gasteiger partial charge is 0.459 e. The summed E-state index contributed by atoms with van der Waals surface area (Å²) in [5, 5.41) is 2.86. The second-order valence-corrected chi connectivity index (χ2v) is 5.47. The molecule has 2 amide bonds. The standard InChI is InChI=1S/C16H17N3O4/c20-14-7-1-5-12(18-14)15(21)17-11-4-2-8-19(10-11)16(22)13-6-3-9-23-13/h1,3,5-7,9,11H,2,4,8,10H2,(H,17,21)(H,18,20). The molecule has 0 radical (unpaired) electrons. The number of aromatic nitrogens is 1. The first-order valence-corrected chi connectivity index (χ1v) is 7.46. The number of amides is 2. The number of carbonyl (C=O) groups excluding carboxylic acids is 2. The molecule has 3 rings (SSSR count). The number of nitrogens with one attached hydrogen (secondary N) is 2. The molecule has 0 spiro atoms. The fraction of sp³-hybridized carbons (Fsp3) is 0.312. The van der Waals surface area contributed by atoms with Crippen molar-refractivity contribution in [2.75, 3.05) is 13.1 Å². The molecule has 1 aliphatic heterocycles. The Morgan fingerprint density at radius 3 is 2.87 bits per heavy atom. The van der Waals surface area contributed by atoms with Crippen molar-refractivity contribution in [2.45, 2.75) is 18.9 Å². The molecule has 7 heteroatoms. The molecule has 0 bridgehead atoms. The number of nitrogens with zero attached hydrogens (tertiary/aromatic N) is 1. The van der Waals surface area contributed by atoms with Crippen molar-refractivity contribution in [2.24, 2.45) is 0 Å². The fourth-order valence-corrected chi connectivity index (χ4v) is 2.68. The van der Waals surface area contributed by atoms with E-state index in [1.165, 1.54) is 18.4 Å². The quantitative estimate of drug-likeness (QED) is 0.883. The lowest BCUT2D eigenvalue weighted by molar-refractivity contribution is 0.0646. The van der Waals surface area contributed by atoms with Gasteiger partial charge in [-0.05, 0) is 31.0 Å². The monoisotopic (exact) mass is 315 g/mol. The van der Waals surface area contributed by atoms with Crippen molar-refractivity contribution in [1.82, 2.24) is 15.2 Å². The number of likely N-dealkylation sites (tertiary alicyclic amines) is 1. The SMILES string of the molecule is O=C(NC1CCCN(C(=O)c2ccco2)C1)c1cccc(=O)[nH]1. The second kappa shape index (κ2) is 6.51. The van der Waals surface area contributed by atoms with Gasteiger partial charge in [-0.25, -0.2) is 0 Å². The van der Waals surface area contributed by atoms with Gasteiger partial charge in [-0.2, -0.15) is 0 Å². The Bertz CT molecular complexity index is 751. The van der Waals surface area contributed by atoms with Crippen LogP contribution >= 0.6 is 0 Å². The maximum atomic E-state index is 12.3. The Kier molecular flexibility index (Phi) is 4.27. The van der Waals surface area contributed by atoms with Crippen LogP contribution in [-0.4, -0.2) is 40.8 Å². The Labute approximate surface area is 132 Å². The summed E-state index contributed by atoms with van der Waals surface area (Å²) < 4.78 is 5.13. The van der Waals surface area contributed by atoms with E-state index in [4.69, 9.17) is 4.42 Å². The fourth-order valence-electron chi connectivity index (χ4n) is 2.68. The molecule has 2 aromatic heterocycles. The van der Waals surface area contributed by atoms with Gasteiger partial charge in [0.15, 0.2) is 5.76 Å². The van der Waals surface area contributed by atoms with Gasteiger partial charge in [-0.15, -0.1) is 0 Å². The summed E-state index contributed by atoms with van der Waals surface area (Å²) in [4.78, 5) is 39.9. The predicted molar refractivity (Wildman–Crippen MR) is 82.2 cm³/mol. The van der Waals surface area contributed by atoms with Gasteiger partial charge in [0.05, 0.1) is 6.26 Å². The Morgan fingerprint density at radius 2 is 2.13 bits per heavy atom. The van der Waals surface area contributed by atoms with E-state index in [1.807, 2.05) is 0 Å². The number of carbonyl (C=O) groups is 2. The number of hydrogen-bond donors (Lipinski definition) is 2. The molecule has 1 aliphatic rings. The molecule has 2 N–H and O–H groups in total. The number of furan rings is 1. The van der Waals surface area contributed by atoms with Crippen LogP contribution in [0.15, 0.2) is 45.8 Å². The molecule has 1 saturated heterocycles. The molecule has 1 atom stereocenters. The number of rotatable bonds is 3. The van der Waals surface area contributed by atoms with Gasteiger partial charge >= 0.3 is 0 Å². The van der Waals surface area contributed by atoms with Crippen LogP contribution in [-0.2, 0) is 0 Å². The molecule has 23 heavy (non-hydrogen) atoms. The van der Waals surface area contributed by atoms with Gasteiger partial charge in [0.2, 0.25) is 5.56 Å². The molecule has 0 aromatic carbocycles. The minimum absolute atomic E-state index is 0.154. The molecule has 0 saturated carbocycles. The second-order valence-electron chi connectivity index (χ2n) is 5.47. The topological polar surface area (TPSA) is 95.4 Å². The van der Waals surface area contributed by atoms with Crippen LogP contribution in [0.2, 0.25) is 0 Å². The smallest absolute Gasteiger partial charge is 0.289 e. The predicted octanol–water partition coefficient (Wildman–Crippen LogP) is 1.00. The first kappa shape index (κ1) is 15.1. The molecule has 1 unspecified atom stereocenters. The van der Waals surface area contributed by atoms with Crippen molar-refractivity contribution >= 4 is 11.8 Å². The number of piperidine rings is 1. The summed E-state index contributed by atoms with van der Waals surface area (Å²) in [5.41, 5.74) is -0.108. The van der Waals surface area contributed by atoms with E-state index in [0.717, 1.165) is 12.8 Å². The summed E-state index contributed by atoms with van der Waals surface area (Å²) in [7, 11) is 0. The molecule has 120 valence electrons. The van der Waals surface area contributed by atoms with Crippen LogP contribution in [0.4, 0.5) is 0 Å². The minimum atomic E-state index is -0.347. The number of hydrogen-bond acceptors (Lipinski definition) is 4. The highest BCUT2D eigenvalue weighted by Crippen LogP contribution is 2.14. The number of pyridine rings is 1. The van der Waals surface area contributed by atoms with Gasteiger partial charge in [-0.3, -0.25) is 14.4 Å². The van der Waals surface area contributed by atoms with Crippen molar-refractivity contribution in [3.63, 3.8) is 0 Å². The average molecular weight is 315 g/mol. The van der Waals surface area contributed by atoms with Gasteiger partial charge in [0.1, 0.15) is 5.69 Å². The molecule has 0 aliphatic carbocycles. The Hall–Kier alpha value is -2.83. The van der Waals surface area contributed by atoms with E-state index in [-0.39, 0.29) is 29.1 Å². The van der Waals surface area contributed by atoms with Crippen LogP contribution in [0.5, 0.6) is 0 Å². The summed E-state index contributed by atoms with van der Waals surface area (Å²) in [6, 6.07) is 7.56. The first-order valence-electron chi connectivity index (χ1n) is 7.46. The molecule has 3 heterocycles. The lowest BCUT2D eigenvalue weighted by Gasteiger charge is -2.32. The third-order valence-corrected chi connectivity index (χ3v) is 3.79. The van der Waals surface area contributed by atoms with E-state index < -0.39 is 0 Å². The van der Waals surface area contributed by atoms with Gasteiger partial charge in [0.25, 0.3) is 11.8 Å². The zero-order valence-electron chi connectivity index (χ0n) is 12.5. The lowest BCUT2D eigenvalue weighted by atomic mass is 10.1. The van der Waals surface area contributed by atoms with Crippen molar-refractivity contribution < 1.29 is 14.0 Å². The zero-order chi connectivity index (χ0) is 16.2. The van der Waals surface area contributed by atoms with Crippen LogP contribution in [0.1, 0.15) is 33.9 Å². The number of H-pyrrole nitrogens is 1. The number of aromatic amines is 1. The highest BCUT2D eigenvalue weighted by atomic mass is 16.3. The minimum Gasteiger partial charge on any atom is -0.459 e. The van der Waals surface area contributed by atoms with Crippen LogP contribution in [0.25, 0.3) is 0 Å². The van der Waals surface area contributed by atoms with E-state index >= 15 is 0 Å². The Morgan fingerprint density at radius 1 is 1.26 bits per heavy atom. The lowest BCUT2D eigenvalue weighted by Crippen LogP contribution is -2.49. The van der Waals surface area contributed by atoms with E-state index in [0.29, 0.717) is 18.8 Å². The maximum Gasteiger partial charge on any atom is 0.289 e. The third kappa shape index (κ3) is 3.50. The average Bonchev–Trinajstić information content (AvgIpc) is 3.09. The summed E-state index contributed by atoms with van der Waals surface area (Å²) in [6.07, 6.45) is 3.04. The zero-order valence-corrected chi connectivity index (χ0v) is 12.5. The van der Waals surface area contributed by atoms with Gasteiger partial charge in [0, 0.05) is 25.2 Å². The Balaban J connectivity index is 1.64. The first-order chi connectivity index (χ1) is 11.1. The summed E-state index contributed by atoms with van der Waals surface area (Å²) in [5.74, 6) is -0.230. The molecular formula is C16H17N3O4. The van der Waals surface area contributed by atoms with Crippen molar-refractivity contribution in [3.05, 3.63) is 58.4 Å². The summed E-state index contributed by atoms with van der Waals surface area (Å²) >= 11 is 0. The van der Waals surface area contributed by atoms with Crippen molar-refractivity contribution in [3.8, 4) is 0 Å². The third-order valence-electron chi connectivity index (χ3n) is 3.79. The summed E-state index contributed by atoms with van der Waals surface area (Å²) in [6.45, 7) is 1.05. The van der Waals surface area contributed by atoms with E-state index in [1.54, 1.807) is 23.1 Å². The normalized spacial score (nSPS) is 17.7. The van der Waals surface area contributed by atoms with Crippen LogP contribution in [0, 0.1) is 0 Å². The van der Waals surface area contributed by atoms with Gasteiger partial charge in [-0.1, -0.05) is 6.07 Å². The van der Waals surface area contributed by atoms with E-state index in [2.05, 4.69) is 10.3 Å². The molecular weight excluding hydrogens is 298 g/mol. The van der Waals surface area contributed by atoms with Crippen LogP contribution < -0.4 is 10.9 Å². The van der Waals surface area contributed by atoms with Gasteiger partial charge < -0.3 is 19.6 Å². The highest BCUT2D eigenvalue weighted by Gasteiger charge is 2.27.